The summed E-state index contributed by atoms with van der Waals surface area (Å²) < 4.78 is 33.4. The Bertz CT molecular complexity index is 919. The third-order valence-corrected chi connectivity index (χ3v) is 10.7. The number of carbonyl (C=O) groups is 2. The molecule has 0 aromatic rings. The number of phosphoric acid groups is 1. The number of hydrogen-bond acceptors (Lipinski definition) is 8. The summed E-state index contributed by atoms with van der Waals surface area (Å²) in [6.45, 7) is 3.90. The molecule has 0 amide bonds. The largest absolute Gasteiger partial charge is 0.480 e. The minimum atomic E-state index is -4.61. The molecule has 4 N–H and O–H groups in total. The van der Waals surface area contributed by atoms with E-state index >= 15 is 0 Å². The zero-order valence-electron chi connectivity index (χ0n) is 34.8. The van der Waals surface area contributed by atoms with Crippen LogP contribution in [0.3, 0.4) is 0 Å². The summed E-state index contributed by atoms with van der Waals surface area (Å²) in [6.07, 6.45) is 41.1. The van der Waals surface area contributed by atoms with Crippen LogP contribution in [-0.4, -0.2) is 60.5 Å². The minimum Gasteiger partial charge on any atom is -0.480 e. The van der Waals surface area contributed by atoms with Gasteiger partial charge in [0.1, 0.15) is 12.1 Å². The first-order chi connectivity index (χ1) is 26.2. The molecule has 11 heteroatoms. The average Bonchev–Trinajstić information content (AvgIpc) is 3.15. The van der Waals surface area contributed by atoms with Gasteiger partial charge >= 0.3 is 19.8 Å². The molecule has 0 fully saturated rings. The van der Waals surface area contributed by atoms with Crippen molar-refractivity contribution in [2.75, 3.05) is 26.4 Å². The Kier molecular flexibility index (Phi) is 39.0. The van der Waals surface area contributed by atoms with E-state index in [0.717, 1.165) is 51.4 Å². The van der Waals surface area contributed by atoms with Crippen molar-refractivity contribution in [3.8, 4) is 0 Å². The zero-order valence-corrected chi connectivity index (χ0v) is 35.7. The maximum absolute atomic E-state index is 12.6. The van der Waals surface area contributed by atoms with Gasteiger partial charge in [-0.25, -0.2) is 4.57 Å². The van der Waals surface area contributed by atoms with E-state index in [1.165, 1.54) is 135 Å². The number of aliphatic carboxylic acids is 1. The van der Waals surface area contributed by atoms with Crippen LogP contribution in [0, 0.1) is 0 Å². The summed E-state index contributed by atoms with van der Waals surface area (Å²) in [5.74, 6) is -1.78. The van der Waals surface area contributed by atoms with Crippen molar-refractivity contribution in [2.24, 2.45) is 5.73 Å². The molecular weight excluding hydrogens is 705 g/mol. The molecule has 0 aromatic carbocycles. The maximum Gasteiger partial charge on any atom is 0.472 e. The van der Waals surface area contributed by atoms with Gasteiger partial charge in [0.2, 0.25) is 0 Å². The first kappa shape index (κ1) is 52.7. The molecule has 10 nitrogen and oxygen atoms in total. The van der Waals surface area contributed by atoms with Gasteiger partial charge in [0, 0.05) is 13.0 Å². The second-order valence-corrected chi connectivity index (χ2v) is 16.6. The lowest BCUT2D eigenvalue weighted by molar-refractivity contribution is -0.154. The van der Waals surface area contributed by atoms with Gasteiger partial charge in [-0.3, -0.25) is 18.6 Å². The van der Waals surface area contributed by atoms with Crippen LogP contribution >= 0.6 is 7.82 Å². The Morgan fingerprint density at radius 3 is 1.41 bits per heavy atom. The highest BCUT2D eigenvalue weighted by Gasteiger charge is 2.27. The molecule has 0 bridgehead atoms. The van der Waals surface area contributed by atoms with Crippen LogP contribution in [-0.2, 0) is 32.7 Å². The van der Waals surface area contributed by atoms with Crippen LogP contribution in [0.15, 0.2) is 12.2 Å². The lowest BCUT2D eigenvalue weighted by Gasteiger charge is -2.20. The van der Waals surface area contributed by atoms with Crippen molar-refractivity contribution < 1.29 is 42.7 Å². The van der Waals surface area contributed by atoms with Gasteiger partial charge in [-0.2, -0.15) is 0 Å². The quantitative estimate of drug-likeness (QED) is 0.0235. The standard InChI is InChI=1S/C43H84NO9P/c1-3-5-7-9-11-13-15-17-19-21-23-25-27-29-31-33-35-42(45)53-40(38-51-54(48,49)52-39-41(44)43(46)47)37-50-36-34-32-30-28-26-24-22-20-18-16-14-12-10-8-6-4-2/h19,21,40-41H,3-18,20,22-39,44H2,1-2H3,(H,46,47)(H,48,49)/b21-19-. The van der Waals surface area contributed by atoms with E-state index in [4.69, 9.17) is 29.4 Å². The number of rotatable bonds is 43. The lowest BCUT2D eigenvalue weighted by Crippen LogP contribution is -2.34. The van der Waals surface area contributed by atoms with Crippen LogP contribution in [0.5, 0.6) is 0 Å². The van der Waals surface area contributed by atoms with E-state index in [-0.39, 0.29) is 13.0 Å². The van der Waals surface area contributed by atoms with E-state index in [9.17, 15) is 19.0 Å². The van der Waals surface area contributed by atoms with Crippen molar-refractivity contribution in [1.29, 1.82) is 0 Å². The van der Waals surface area contributed by atoms with Crippen LogP contribution in [0.4, 0.5) is 0 Å². The van der Waals surface area contributed by atoms with Crippen LogP contribution in [0.2, 0.25) is 0 Å². The van der Waals surface area contributed by atoms with Crippen molar-refractivity contribution in [3.05, 3.63) is 12.2 Å². The summed E-state index contributed by atoms with van der Waals surface area (Å²) in [7, 11) is -4.61. The van der Waals surface area contributed by atoms with E-state index in [0.29, 0.717) is 13.0 Å². The normalized spacial score (nSPS) is 14.0. The first-order valence-corrected chi connectivity index (χ1v) is 23.7. The third kappa shape index (κ3) is 39.0. The smallest absolute Gasteiger partial charge is 0.472 e. The fraction of sp³-hybridized carbons (Fsp3) is 0.907. The second kappa shape index (κ2) is 39.9. The summed E-state index contributed by atoms with van der Waals surface area (Å²) in [5, 5.41) is 8.89. The molecule has 54 heavy (non-hydrogen) atoms. The number of carboxylic acid groups (broad SMARTS) is 1. The Balaban J connectivity index is 4.21. The predicted molar refractivity (Wildman–Crippen MR) is 222 cm³/mol. The van der Waals surface area contributed by atoms with Gasteiger partial charge in [-0.15, -0.1) is 0 Å². The minimum absolute atomic E-state index is 0.0194. The number of nitrogens with two attached hydrogens (primary N) is 1. The van der Waals surface area contributed by atoms with E-state index in [2.05, 4.69) is 26.0 Å². The van der Waals surface area contributed by atoms with E-state index < -0.39 is 45.1 Å². The molecule has 0 spiro atoms. The summed E-state index contributed by atoms with van der Waals surface area (Å²) >= 11 is 0. The first-order valence-electron chi connectivity index (χ1n) is 22.2. The molecule has 0 heterocycles. The van der Waals surface area contributed by atoms with Crippen LogP contribution < -0.4 is 5.73 Å². The van der Waals surface area contributed by atoms with Crippen molar-refractivity contribution in [2.45, 2.75) is 225 Å². The van der Waals surface area contributed by atoms with Gasteiger partial charge in [-0.1, -0.05) is 180 Å². The highest BCUT2D eigenvalue weighted by Crippen LogP contribution is 2.43. The SMILES string of the molecule is CCCCCCCCC/C=C\CCCCCCCC(=O)OC(COCCCCCCCCCCCCCCCCCC)COP(=O)(O)OCC(N)C(=O)O. The molecule has 320 valence electrons. The molecule has 0 saturated heterocycles. The Hall–Kier alpha value is -1.29. The van der Waals surface area contributed by atoms with Gasteiger partial charge in [0.25, 0.3) is 0 Å². The summed E-state index contributed by atoms with van der Waals surface area (Å²) in [6, 6.07) is -1.47. The van der Waals surface area contributed by atoms with Gasteiger partial charge in [-0.05, 0) is 38.5 Å². The number of ether oxygens (including phenoxy) is 2. The number of unbranched alkanes of at least 4 members (excludes halogenated alkanes) is 27. The third-order valence-electron chi connectivity index (χ3n) is 9.79. The van der Waals surface area contributed by atoms with E-state index in [1.54, 1.807) is 0 Å². The average molecular weight is 790 g/mol. The second-order valence-electron chi connectivity index (χ2n) is 15.2. The monoisotopic (exact) mass is 790 g/mol. The molecule has 0 aliphatic heterocycles. The number of phosphoric ester groups is 1. The number of esters is 1. The molecule has 0 rings (SSSR count). The Morgan fingerprint density at radius 2 is 0.963 bits per heavy atom. The maximum atomic E-state index is 12.6. The summed E-state index contributed by atoms with van der Waals surface area (Å²) in [4.78, 5) is 33.5. The Labute approximate surface area is 331 Å². The van der Waals surface area contributed by atoms with E-state index in [1.807, 2.05) is 0 Å². The van der Waals surface area contributed by atoms with Crippen LogP contribution in [0.1, 0.15) is 213 Å². The molecule has 0 aliphatic rings. The Morgan fingerprint density at radius 1 is 0.574 bits per heavy atom. The molecule has 3 unspecified atom stereocenters. The van der Waals surface area contributed by atoms with Crippen molar-refractivity contribution in [3.63, 3.8) is 0 Å². The number of carboxylic acids is 1. The highest BCUT2D eigenvalue weighted by atomic mass is 31.2. The fourth-order valence-corrected chi connectivity index (χ4v) is 7.08. The number of hydrogen-bond donors (Lipinski definition) is 3. The molecule has 3 atom stereocenters. The van der Waals surface area contributed by atoms with Crippen molar-refractivity contribution >= 4 is 19.8 Å². The van der Waals surface area contributed by atoms with Gasteiger partial charge < -0.3 is 25.2 Å². The topological polar surface area (TPSA) is 155 Å². The summed E-state index contributed by atoms with van der Waals surface area (Å²) in [5.41, 5.74) is 5.35. The van der Waals surface area contributed by atoms with Crippen LogP contribution in [0.25, 0.3) is 0 Å². The zero-order chi connectivity index (χ0) is 39.8. The van der Waals surface area contributed by atoms with Gasteiger partial charge in [0.15, 0.2) is 0 Å². The molecule has 0 saturated carbocycles. The molecule has 0 aliphatic carbocycles. The van der Waals surface area contributed by atoms with Gasteiger partial charge in [0.05, 0.1) is 19.8 Å². The number of allylic oxidation sites excluding steroid dienone is 2. The predicted octanol–water partition coefficient (Wildman–Crippen LogP) is 12.1. The number of carbonyl (C=O) groups excluding carboxylic acids is 1. The molecular formula is C43H84NO9P. The fourth-order valence-electron chi connectivity index (χ4n) is 6.31. The molecule has 0 radical (unpaired) electrons. The lowest BCUT2D eigenvalue weighted by atomic mass is 10.0. The van der Waals surface area contributed by atoms with Crippen molar-refractivity contribution in [1.82, 2.24) is 0 Å². The highest BCUT2D eigenvalue weighted by molar-refractivity contribution is 7.47. The molecule has 0 aromatic heterocycles.